The highest BCUT2D eigenvalue weighted by Gasteiger charge is 2.24. The number of ether oxygens (including phenoxy) is 3. The minimum Gasteiger partial charge on any atom is -1.00 e. The fraction of sp³-hybridized carbons (Fsp3) is 0.942. The smallest absolute Gasteiger partial charge is 0.361 e. The molecule has 0 aliphatic heterocycles. The van der Waals surface area contributed by atoms with Gasteiger partial charge in [0.25, 0.3) is 0 Å². The summed E-state index contributed by atoms with van der Waals surface area (Å²) in [5.41, 5.74) is 0. The molecule has 13 heteroatoms. The molecule has 0 radical (unpaired) electrons. The van der Waals surface area contributed by atoms with Crippen molar-refractivity contribution in [1.82, 2.24) is 4.90 Å². The van der Waals surface area contributed by atoms with Gasteiger partial charge in [-0.05, 0) is 38.5 Å². The zero-order chi connectivity index (χ0) is 46.2. The van der Waals surface area contributed by atoms with Gasteiger partial charge in [-0.1, -0.05) is 162 Å². The number of esters is 3. The number of nitrogens with zero attached hydrogens (tertiary/aromatic N) is 4. The normalized spacial score (nSPS) is 11.7. The average molecular weight is 1120 g/mol. The molecule has 0 aromatic rings. The fourth-order valence-electron chi connectivity index (χ4n) is 8.35. The Hall–Kier alpha value is -0.310. The van der Waals surface area contributed by atoms with E-state index in [9.17, 15) is 14.4 Å². The molecule has 0 saturated carbocycles. The van der Waals surface area contributed by atoms with Crippen molar-refractivity contribution >= 4 is 17.9 Å². The molecule has 0 rings (SSSR count). The summed E-state index contributed by atoms with van der Waals surface area (Å²) < 4.78 is 19.1. The van der Waals surface area contributed by atoms with Gasteiger partial charge in [-0.2, -0.15) is 0 Å². The Morgan fingerprint density at radius 1 is 0.323 bits per heavy atom. The van der Waals surface area contributed by atoms with Gasteiger partial charge in [0.05, 0.1) is 61.9 Å². The summed E-state index contributed by atoms with van der Waals surface area (Å²) >= 11 is 0. The summed E-state index contributed by atoms with van der Waals surface area (Å²) in [6.07, 6.45) is 36.2. The molecular weight excluding hydrogens is 1020 g/mol. The quantitative estimate of drug-likeness (QED) is 0.0401. The van der Waals surface area contributed by atoms with E-state index in [1.807, 2.05) is 0 Å². The Kier molecular flexibility index (Phi) is 51.9. The second-order valence-electron chi connectivity index (χ2n) is 20.8. The maximum atomic E-state index is 13.0. The molecule has 0 heterocycles. The van der Waals surface area contributed by atoms with Crippen LogP contribution in [0.25, 0.3) is 0 Å². The first-order chi connectivity index (χ1) is 29.6. The third kappa shape index (κ3) is 49.9. The van der Waals surface area contributed by atoms with E-state index in [0.717, 1.165) is 38.9 Å². The summed E-state index contributed by atoms with van der Waals surface area (Å²) in [6.45, 7) is 12.8. The highest BCUT2D eigenvalue weighted by atomic mass is 79.9. The summed E-state index contributed by atoms with van der Waals surface area (Å²) in [7, 11) is 12.6. The van der Waals surface area contributed by atoms with Gasteiger partial charge in [0.15, 0.2) is 19.6 Å². The van der Waals surface area contributed by atoms with Gasteiger partial charge < -0.3 is 78.6 Å². The molecule has 0 N–H and O–H groups in total. The molecule has 0 bridgehead atoms. The van der Waals surface area contributed by atoms with E-state index in [1.165, 1.54) is 161 Å². The van der Waals surface area contributed by atoms with E-state index >= 15 is 0 Å². The van der Waals surface area contributed by atoms with Gasteiger partial charge in [-0.3, -0.25) is 4.90 Å². The number of unbranched alkanes of at least 4 members (excludes halogenated alkanes) is 25. The van der Waals surface area contributed by atoms with Crippen molar-refractivity contribution in [3.63, 3.8) is 0 Å². The highest BCUT2D eigenvalue weighted by Crippen LogP contribution is 2.14. The second-order valence-corrected chi connectivity index (χ2v) is 20.8. The van der Waals surface area contributed by atoms with E-state index in [1.54, 1.807) is 0 Å². The van der Waals surface area contributed by atoms with Crippen LogP contribution in [0.4, 0.5) is 0 Å². The summed E-state index contributed by atoms with van der Waals surface area (Å²) in [5, 5.41) is 0. The number of quaternary nitrogens is 3. The molecule has 0 aliphatic rings. The summed E-state index contributed by atoms with van der Waals surface area (Å²) in [5.74, 6) is -0.589. The van der Waals surface area contributed by atoms with Crippen LogP contribution in [0.15, 0.2) is 0 Å². The molecule has 65 heavy (non-hydrogen) atoms. The Bertz CT molecular complexity index is 1030. The predicted molar refractivity (Wildman–Crippen MR) is 261 cm³/mol. The highest BCUT2D eigenvalue weighted by molar-refractivity contribution is 5.71. The van der Waals surface area contributed by atoms with Crippen LogP contribution < -0.4 is 50.9 Å². The first-order valence-electron chi connectivity index (χ1n) is 26.3. The molecule has 0 unspecified atom stereocenters. The second kappa shape index (κ2) is 47.4. The minimum absolute atomic E-state index is 0. The third-order valence-corrected chi connectivity index (χ3v) is 12.5. The van der Waals surface area contributed by atoms with Crippen LogP contribution in [0, 0.1) is 0 Å². The number of hydrogen-bond donors (Lipinski definition) is 0. The van der Waals surface area contributed by atoms with Gasteiger partial charge in [0.2, 0.25) is 0 Å². The van der Waals surface area contributed by atoms with Gasteiger partial charge >= 0.3 is 17.9 Å². The lowest BCUT2D eigenvalue weighted by Gasteiger charge is -2.29. The average Bonchev–Trinajstić information content (AvgIpc) is 3.19. The Morgan fingerprint density at radius 3 is 0.708 bits per heavy atom. The van der Waals surface area contributed by atoms with Crippen molar-refractivity contribution in [2.45, 2.75) is 201 Å². The van der Waals surface area contributed by atoms with Crippen LogP contribution in [0.3, 0.4) is 0 Å². The zero-order valence-electron chi connectivity index (χ0n) is 44.2. The molecule has 0 fully saturated rings. The van der Waals surface area contributed by atoms with Gasteiger partial charge in [0, 0.05) is 19.6 Å². The van der Waals surface area contributed by atoms with Crippen molar-refractivity contribution < 1.29 is 93.0 Å². The number of hydrogen-bond acceptors (Lipinski definition) is 7. The molecule has 0 atom stereocenters. The molecule has 10 nitrogen and oxygen atoms in total. The van der Waals surface area contributed by atoms with Crippen molar-refractivity contribution in [3.05, 3.63) is 0 Å². The lowest BCUT2D eigenvalue weighted by Crippen LogP contribution is -3.00. The van der Waals surface area contributed by atoms with Crippen LogP contribution in [0.1, 0.15) is 201 Å². The van der Waals surface area contributed by atoms with Crippen molar-refractivity contribution in [3.8, 4) is 0 Å². The van der Waals surface area contributed by atoms with E-state index in [-0.39, 0.29) is 88.7 Å². The van der Waals surface area contributed by atoms with Crippen LogP contribution >= 0.6 is 0 Å². The SMILES string of the molecule is CCCCCCCCCCCCCC[N+](C)(C)CC(=O)OCCN(CCOC(=O)C[N+](C)(C)CCCCCCCCCC)CCOC(=O)C[N+](C)(C)CCCCCCCCCC.[Br-].[Br-].[Br-]. The van der Waals surface area contributed by atoms with Crippen molar-refractivity contribution in [2.75, 3.05) is 121 Å². The number of likely N-dealkylation sites (N-methyl/N-ethyl adjacent to an activating group) is 3. The van der Waals surface area contributed by atoms with Crippen LogP contribution in [-0.4, -0.2) is 157 Å². The molecule has 0 aromatic carbocycles. The molecule has 0 spiro atoms. The predicted octanol–water partition coefficient (Wildman–Crippen LogP) is 2.14. The number of rotatable bonds is 46. The summed E-state index contributed by atoms with van der Waals surface area (Å²) in [6, 6.07) is 0. The van der Waals surface area contributed by atoms with Gasteiger partial charge in [-0.15, -0.1) is 0 Å². The third-order valence-electron chi connectivity index (χ3n) is 12.5. The van der Waals surface area contributed by atoms with E-state index < -0.39 is 0 Å². The zero-order valence-corrected chi connectivity index (χ0v) is 48.9. The van der Waals surface area contributed by atoms with Crippen molar-refractivity contribution in [2.24, 2.45) is 0 Å². The maximum absolute atomic E-state index is 13.0. The number of carbonyl (C=O) groups is 3. The Balaban J connectivity index is -0.00000620. The molecule has 0 saturated heterocycles. The first kappa shape index (κ1) is 71.2. The molecule has 0 aliphatic carbocycles. The molecule has 0 amide bonds. The van der Waals surface area contributed by atoms with Crippen LogP contribution in [0.5, 0.6) is 0 Å². The topological polar surface area (TPSA) is 82.1 Å². The van der Waals surface area contributed by atoms with E-state index in [4.69, 9.17) is 14.2 Å². The largest absolute Gasteiger partial charge is 1.00 e. The van der Waals surface area contributed by atoms with E-state index in [0.29, 0.717) is 52.7 Å². The lowest BCUT2D eigenvalue weighted by molar-refractivity contribution is -0.883. The standard InChI is InChI=1S/C52H107N4O6.3BrH/c1-10-13-16-19-22-25-26-27-28-31-34-37-43-56(8,9)49-52(59)62-46-40-53(38-44-60-50(57)47-54(4,5)41-35-32-29-23-20-17-14-11-2)39-45-61-51(58)48-55(6,7)42-36-33-30-24-21-18-15-12-3;;;/h10-49H2,1-9H3;3*1H/q+3;;;/p-3. The van der Waals surface area contributed by atoms with Crippen LogP contribution in [-0.2, 0) is 28.6 Å². The number of carbonyl (C=O) groups excluding carboxylic acids is 3. The van der Waals surface area contributed by atoms with Gasteiger partial charge in [0.1, 0.15) is 19.8 Å². The molecular formula is C52H107Br3N4O6. The Morgan fingerprint density at radius 2 is 0.508 bits per heavy atom. The first-order valence-corrected chi connectivity index (χ1v) is 26.3. The van der Waals surface area contributed by atoms with E-state index in [2.05, 4.69) is 68.0 Å². The monoisotopic (exact) mass is 1120 g/mol. The maximum Gasteiger partial charge on any atom is 0.361 e. The number of halogens is 3. The fourth-order valence-corrected chi connectivity index (χ4v) is 8.35. The Labute approximate surface area is 434 Å². The lowest BCUT2D eigenvalue weighted by atomic mass is 10.1. The molecule has 0 aromatic heterocycles. The van der Waals surface area contributed by atoms with Crippen molar-refractivity contribution in [1.29, 1.82) is 0 Å². The van der Waals surface area contributed by atoms with Crippen LogP contribution in [0.2, 0.25) is 0 Å². The van der Waals surface area contributed by atoms with Gasteiger partial charge in [-0.25, -0.2) is 14.4 Å². The minimum atomic E-state index is -0.197. The summed E-state index contributed by atoms with van der Waals surface area (Å²) in [4.78, 5) is 40.9. The molecule has 392 valence electrons.